The Hall–Kier alpha value is -0.630. The molecule has 0 bridgehead atoms. The van der Waals surface area contributed by atoms with E-state index < -0.39 is 0 Å². The SMILES string of the molecule is C=C(CCO)[C@@H]1CCC(=O)[C@H]1C. The lowest BCUT2D eigenvalue weighted by Crippen LogP contribution is -2.12. The van der Waals surface area contributed by atoms with Gasteiger partial charge in [-0.15, -0.1) is 0 Å². The smallest absolute Gasteiger partial charge is 0.136 e. The van der Waals surface area contributed by atoms with E-state index >= 15 is 0 Å². The van der Waals surface area contributed by atoms with Crippen molar-refractivity contribution in [2.24, 2.45) is 11.8 Å². The average Bonchev–Trinajstić information content (AvgIpc) is 2.34. The van der Waals surface area contributed by atoms with Gasteiger partial charge in [0.25, 0.3) is 0 Å². The highest BCUT2D eigenvalue weighted by atomic mass is 16.3. The van der Waals surface area contributed by atoms with Crippen molar-refractivity contribution >= 4 is 5.78 Å². The molecule has 0 aromatic heterocycles. The highest BCUT2D eigenvalue weighted by Gasteiger charge is 2.31. The Morgan fingerprint density at radius 3 is 2.83 bits per heavy atom. The Balaban J connectivity index is 2.53. The molecule has 0 heterocycles. The second-order valence-electron chi connectivity index (χ2n) is 3.53. The zero-order valence-electron chi connectivity index (χ0n) is 7.55. The van der Waals surface area contributed by atoms with E-state index in [-0.39, 0.29) is 12.5 Å². The van der Waals surface area contributed by atoms with Gasteiger partial charge in [0.15, 0.2) is 0 Å². The molecule has 12 heavy (non-hydrogen) atoms. The van der Waals surface area contributed by atoms with Gasteiger partial charge in [0, 0.05) is 18.9 Å². The molecule has 0 saturated heterocycles. The number of hydrogen-bond donors (Lipinski definition) is 1. The second kappa shape index (κ2) is 3.85. The average molecular weight is 168 g/mol. The molecule has 0 unspecified atom stereocenters. The first-order chi connectivity index (χ1) is 5.66. The summed E-state index contributed by atoms with van der Waals surface area (Å²) in [5.74, 6) is 0.799. The van der Waals surface area contributed by atoms with Gasteiger partial charge >= 0.3 is 0 Å². The van der Waals surface area contributed by atoms with Crippen LogP contribution in [0.4, 0.5) is 0 Å². The third-order valence-electron chi connectivity index (χ3n) is 2.77. The van der Waals surface area contributed by atoms with E-state index in [2.05, 4.69) is 6.58 Å². The molecular formula is C10H16O2. The summed E-state index contributed by atoms with van der Waals surface area (Å²) in [6, 6.07) is 0. The molecule has 0 aromatic carbocycles. The lowest BCUT2D eigenvalue weighted by atomic mass is 9.89. The molecule has 0 aromatic rings. The van der Waals surface area contributed by atoms with E-state index in [1.807, 2.05) is 6.92 Å². The third kappa shape index (κ3) is 1.75. The Morgan fingerprint density at radius 2 is 2.42 bits per heavy atom. The molecule has 0 amide bonds. The van der Waals surface area contributed by atoms with E-state index in [0.29, 0.717) is 24.5 Å². The van der Waals surface area contributed by atoms with E-state index in [9.17, 15) is 4.79 Å². The first-order valence-electron chi connectivity index (χ1n) is 4.48. The quantitative estimate of drug-likeness (QED) is 0.649. The highest BCUT2D eigenvalue weighted by Crippen LogP contribution is 2.34. The fraction of sp³-hybridized carbons (Fsp3) is 0.700. The van der Waals surface area contributed by atoms with Gasteiger partial charge in [-0.3, -0.25) is 4.79 Å². The highest BCUT2D eigenvalue weighted by molar-refractivity contribution is 5.83. The van der Waals surface area contributed by atoms with Crippen molar-refractivity contribution in [2.45, 2.75) is 26.2 Å². The fourth-order valence-electron chi connectivity index (χ4n) is 1.89. The van der Waals surface area contributed by atoms with Crippen LogP contribution in [0.2, 0.25) is 0 Å². The van der Waals surface area contributed by atoms with Gasteiger partial charge in [0.2, 0.25) is 0 Å². The molecule has 2 atom stereocenters. The van der Waals surface area contributed by atoms with Crippen LogP contribution in [0.1, 0.15) is 26.2 Å². The lowest BCUT2D eigenvalue weighted by Gasteiger charge is -2.15. The minimum absolute atomic E-state index is 0.129. The normalized spacial score (nSPS) is 29.3. The van der Waals surface area contributed by atoms with Crippen LogP contribution in [0.5, 0.6) is 0 Å². The van der Waals surface area contributed by atoms with Crippen molar-refractivity contribution < 1.29 is 9.90 Å². The van der Waals surface area contributed by atoms with Gasteiger partial charge in [-0.25, -0.2) is 0 Å². The Morgan fingerprint density at radius 1 is 1.75 bits per heavy atom. The summed E-state index contributed by atoms with van der Waals surface area (Å²) in [5, 5.41) is 8.70. The number of aliphatic hydroxyl groups is 1. The predicted molar refractivity (Wildman–Crippen MR) is 47.7 cm³/mol. The van der Waals surface area contributed by atoms with Crippen LogP contribution in [-0.4, -0.2) is 17.5 Å². The molecule has 2 heteroatoms. The van der Waals surface area contributed by atoms with Crippen LogP contribution in [0.15, 0.2) is 12.2 Å². The van der Waals surface area contributed by atoms with Gasteiger partial charge in [0.1, 0.15) is 5.78 Å². The molecule has 0 aliphatic heterocycles. The molecule has 0 spiro atoms. The molecule has 1 N–H and O–H groups in total. The molecule has 1 saturated carbocycles. The summed E-state index contributed by atoms with van der Waals surface area (Å²) in [6.07, 6.45) is 2.26. The predicted octanol–water partition coefficient (Wildman–Crippen LogP) is 1.54. The minimum Gasteiger partial charge on any atom is -0.396 e. The lowest BCUT2D eigenvalue weighted by molar-refractivity contribution is -0.120. The maximum absolute atomic E-state index is 11.2. The number of hydrogen-bond acceptors (Lipinski definition) is 2. The Kier molecular flexibility index (Phi) is 3.04. The van der Waals surface area contributed by atoms with Gasteiger partial charge in [-0.1, -0.05) is 19.1 Å². The number of carbonyl (C=O) groups is 1. The summed E-state index contributed by atoms with van der Waals surface area (Å²) >= 11 is 0. The molecular weight excluding hydrogens is 152 g/mol. The fourth-order valence-corrected chi connectivity index (χ4v) is 1.89. The van der Waals surface area contributed by atoms with Gasteiger partial charge in [-0.2, -0.15) is 0 Å². The van der Waals surface area contributed by atoms with Crippen molar-refractivity contribution in [1.82, 2.24) is 0 Å². The third-order valence-corrected chi connectivity index (χ3v) is 2.77. The molecule has 2 nitrogen and oxygen atoms in total. The first kappa shape index (κ1) is 9.46. The van der Waals surface area contributed by atoms with Crippen molar-refractivity contribution in [2.75, 3.05) is 6.61 Å². The number of aliphatic hydroxyl groups excluding tert-OH is 1. The number of ketones is 1. The van der Waals surface area contributed by atoms with E-state index in [4.69, 9.17) is 5.11 Å². The van der Waals surface area contributed by atoms with Crippen LogP contribution in [0.3, 0.4) is 0 Å². The molecule has 1 fully saturated rings. The molecule has 1 aliphatic rings. The van der Waals surface area contributed by atoms with Gasteiger partial charge in [-0.05, 0) is 18.8 Å². The zero-order valence-corrected chi connectivity index (χ0v) is 7.55. The largest absolute Gasteiger partial charge is 0.396 e. The maximum atomic E-state index is 11.2. The van der Waals surface area contributed by atoms with E-state index in [0.717, 1.165) is 12.0 Å². The minimum atomic E-state index is 0.129. The monoisotopic (exact) mass is 168 g/mol. The molecule has 1 aliphatic carbocycles. The van der Waals surface area contributed by atoms with Crippen LogP contribution in [0.25, 0.3) is 0 Å². The topological polar surface area (TPSA) is 37.3 Å². The summed E-state index contributed by atoms with van der Waals surface area (Å²) in [7, 11) is 0. The van der Waals surface area contributed by atoms with Crippen LogP contribution in [-0.2, 0) is 4.79 Å². The zero-order chi connectivity index (χ0) is 9.14. The number of Topliss-reactive ketones (excluding diaryl/α,β-unsaturated/α-hetero) is 1. The Labute approximate surface area is 73.3 Å². The number of carbonyl (C=O) groups excluding carboxylic acids is 1. The first-order valence-corrected chi connectivity index (χ1v) is 4.48. The van der Waals surface area contributed by atoms with Crippen LogP contribution >= 0.6 is 0 Å². The van der Waals surface area contributed by atoms with Crippen molar-refractivity contribution in [3.05, 3.63) is 12.2 Å². The molecule has 0 radical (unpaired) electrons. The summed E-state index contributed by atoms with van der Waals surface area (Å²) < 4.78 is 0. The van der Waals surface area contributed by atoms with Gasteiger partial charge < -0.3 is 5.11 Å². The second-order valence-corrected chi connectivity index (χ2v) is 3.53. The van der Waals surface area contributed by atoms with Crippen molar-refractivity contribution in [3.63, 3.8) is 0 Å². The van der Waals surface area contributed by atoms with E-state index in [1.165, 1.54) is 0 Å². The summed E-state index contributed by atoms with van der Waals surface area (Å²) in [4.78, 5) is 11.2. The van der Waals surface area contributed by atoms with Crippen molar-refractivity contribution in [1.29, 1.82) is 0 Å². The number of rotatable bonds is 3. The maximum Gasteiger partial charge on any atom is 0.136 e. The molecule has 68 valence electrons. The molecule has 1 rings (SSSR count). The van der Waals surface area contributed by atoms with Crippen LogP contribution in [0, 0.1) is 11.8 Å². The van der Waals surface area contributed by atoms with Crippen LogP contribution < -0.4 is 0 Å². The standard InChI is InChI=1S/C10H16O2/c1-7(5-6-11)9-3-4-10(12)8(9)2/h8-9,11H,1,3-6H2,2H3/t8-,9-/m0/s1. The summed E-state index contributed by atoms with van der Waals surface area (Å²) in [6.45, 7) is 6.01. The van der Waals surface area contributed by atoms with Crippen molar-refractivity contribution in [3.8, 4) is 0 Å². The van der Waals surface area contributed by atoms with E-state index in [1.54, 1.807) is 0 Å². The van der Waals surface area contributed by atoms with Gasteiger partial charge in [0.05, 0.1) is 0 Å². The summed E-state index contributed by atoms with van der Waals surface area (Å²) in [5.41, 5.74) is 1.04. The Bertz CT molecular complexity index is 196.